The number of benzene rings is 1. The van der Waals surface area contributed by atoms with Gasteiger partial charge in [-0.15, -0.1) is 11.3 Å². The summed E-state index contributed by atoms with van der Waals surface area (Å²) < 4.78 is 13.4. The van der Waals surface area contributed by atoms with E-state index in [9.17, 15) is 9.18 Å². The van der Waals surface area contributed by atoms with Crippen molar-refractivity contribution in [3.05, 3.63) is 46.6 Å². The van der Waals surface area contributed by atoms with Crippen LogP contribution in [-0.4, -0.2) is 12.3 Å². The van der Waals surface area contributed by atoms with Crippen LogP contribution in [0, 0.1) is 5.82 Å². The molecule has 2 aromatic rings. The lowest BCUT2D eigenvalue weighted by atomic mass is 10.1. The van der Waals surface area contributed by atoms with Crippen molar-refractivity contribution < 1.29 is 9.18 Å². The molecule has 0 radical (unpaired) electrons. The number of halogens is 1. The van der Waals surface area contributed by atoms with E-state index < -0.39 is 0 Å². The summed E-state index contributed by atoms with van der Waals surface area (Å²) >= 11 is 1.35. The lowest BCUT2D eigenvalue weighted by molar-refractivity contribution is 0.0993. The Morgan fingerprint density at radius 3 is 2.85 bits per heavy atom. The largest absolute Gasteiger partial charge is 0.397 e. The summed E-state index contributed by atoms with van der Waals surface area (Å²) in [7, 11) is 0. The number of Topliss-reactive ketones (excluding diaryl/α,β-unsaturated/α-hetero) is 1. The SMILES string of the molecule is CCC(=O)c1sc(NCCc2ccccc2F)cc1N. The third kappa shape index (κ3) is 3.36. The molecule has 0 unspecified atom stereocenters. The topological polar surface area (TPSA) is 55.1 Å². The molecule has 106 valence electrons. The number of hydrogen-bond acceptors (Lipinski definition) is 4. The Balaban J connectivity index is 1.95. The average molecular weight is 292 g/mol. The van der Waals surface area contributed by atoms with E-state index in [-0.39, 0.29) is 11.6 Å². The minimum atomic E-state index is -0.193. The summed E-state index contributed by atoms with van der Waals surface area (Å²) in [5, 5.41) is 4.02. The van der Waals surface area contributed by atoms with E-state index in [0.29, 0.717) is 35.5 Å². The molecule has 0 spiro atoms. The second-order valence-electron chi connectivity index (χ2n) is 4.44. The van der Waals surface area contributed by atoms with Crippen molar-refractivity contribution in [1.82, 2.24) is 0 Å². The summed E-state index contributed by atoms with van der Waals surface area (Å²) in [6.45, 7) is 2.41. The zero-order valence-corrected chi connectivity index (χ0v) is 12.1. The van der Waals surface area contributed by atoms with Crippen LogP contribution < -0.4 is 11.1 Å². The predicted molar refractivity (Wildman–Crippen MR) is 81.9 cm³/mol. The molecule has 1 aromatic heterocycles. The van der Waals surface area contributed by atoms with Crippen molar-refractivity contribution >= 4 is 27.8 Å². The number of nitrogens with one attached hydrogen (secondary N) is 1. The van der Waals surface area contributed by atoms with Gasteiger partial charge in [-0.25, -0.2) is 4.39 Å². The van der Waals surface area contributed by atoms with Crippen LogP contribution in [0.1, 0.15) is 28.6 Å². The Kier molecular flexibility index (Phi) is 4.74. The normalized spacial score (nSPS) is 10.5. The Labute approximate surface area is 121 Å². The maximum absolute atomic E-state index is 13.4. The molecular weight excluding hydrogens is 275 g/mol. The molecule has 0 aliphatic rings. The maximum Gasteiger partial charge on any atom is 0.174 e. The van der Waals surface area contributed by atoms with Gasteiger partial charge in [-0.2, -0.15) is 0 Å². The quantitative estimate of drug-likeness (QED) is 0.798. The number of thiophene rings is 1. The van der Waals surface area contributed by atoms with Crippen LogP contribution in [0.15, 0.2) is 30.3 Å². The van der Waals surface area contributed by atoms with E-state index in [4.69, 9.17) is 5.73 Å². The summed E-state index contributed by atoms with van der Waals surface area (Å²) in [6, 6.07) is 8.48. The molecule has 0 fully saturated rings. The standard InChI is InChI=1S/C15H17FN2OS/c1-2-13(19)15-12(17)9-14(20-15)18-8-7-10-5-3-4-6-11(10)16/h3-6,9,18H,2,7-8,17H2,1H3. The van der Waals surface area contributed by atoms with E-state index in [1.54, 1.807) is 18.2 Å². The first kappa shape index (κ1) is 14.5. The van der Waals surface area contributed by atoms with E-state index in [1.165, 1.54) is 17.4 Å². The van der Waals surface area contributed by atoms with Gasteiger partial charge in [0, 0.05) is 13.0 Å². The second kappa shape index (κ2) is 6.52. The Morgan fingerprint density at radius 2 is 2.15 bits per heavy atom. The summed E-state index contributed by atoms with van der Waals surface area (Å²) in [6.07, 6.45) is 1.03. The third-order valence-electron chi connectivity index (χ3n) is 2.99. The van der Waals surface area contributed by atoms with Gasteiger partial charge in [0.05, 0.1) is 15.6 Å². The first-order valence-electron chi connectivity index (χ1n) is 6.51. The first-order valence-corrected chi connectivity index (χ1v) is 7.33. The van der Waals surface area contributed by atoms with Crippen molar-refractivity contribution in [3.8, 4) is 0 Å². The van der Waals surface area contributed by atoms with Crippen LogP contribution in [0.5, 0.6) is 0 Å². The van der Waals surface area contributed by atoms with Crippen molar-refractivity contribution in [2.24, 2.45) is 0 Å². The third-order valence-corrected chi connectivity index (χ3v) is 4.14. The Bertz CT molecular complexity index is 610. The number of nitrogen functional groups attached to an aromatic ring is 1. The Morgan fingerprint density at radius 1 is 1.40 bits per heavy atom. The van der Waals surface area contributed by atoms with Gasteiger partial charge in [0.1, 0.15) is 5.82 Å². The zero-order chi connectivity index (χ0) is 14.5. The maximum atomic E-state index is 13.4. The lowest BCUT2D eigenvalue weighted by Gasteiger charge is -2.04. The molecule has 0 atom stereocenters. The number of rotatable bonds is 6. The molecular formula is C15H17FN2OS. The number of ketones is 1. The van der Waals surface area contributed by atoms with Crippen molar-refractivity contribution in [1.29, 1.82) is 0 Å². The number of carbonyl (C=O) groups excluding carboxylic acids is 1. The van der Waals surface area contributed by atoms with E-state index in [2.05, 4.69) is 5.32 Å². The minimum Gasteiger partial charge on any atom is -0.397 e. The number of anilines is 2. The van der Waals surface area contributed by atoms with Crippen LogP contribution in [0.25, 0.3) is 0 Å². The highest BCUT2D eigenvalue weighted by Crippen LogP contribution is 2.30. The molecule has 0 aliphatic carbocycles. The molecule has 5 heteroatoms. The number of hydrogen-bond donors (Lipinski definition) is 2. The van der Waals surface area contributed by atoms with Crippen LogP contribution >= 0.6 is 11.3 Å². The van der Waals surface area contributed by atoms with E-state index >= 15 is 0 Å². The first-order chi connectivity index (χ1) is 9.61. The molecule has 3 nitrogen and oxygen atoms in total. The van der Waals surface area contributed by atoms with Crippen LogP contribution in [0.3, 0.4) is 0 Å². The van der Waals surface area contributed by atoms with Crippen LogP contribution in [0.2, 0.25) is 0 Å². The number of carbonyl (C=O) groups is 1. The molecule has 0 saturated heterocycles. The van der Waals surface area contributed by atoms with E-state index in [1.807, 2.05) is 13.0 Å². The van der Waals surface area contributed by atoms with Crippen molar-refractivity contribution in [3.63, 3.8) is 0 Å². The molecule has 20 heavy (non-hydrogen) atoms. The van der Waals surface area contributed by atoms with Gasteiger partial charge in [0.15, 0.2) is 5.78 Å². The molecule has 1 heterocycles. The van der Waals surface area contributed by atoms with Crippen LogP contribution in [-0.2, 0) is 6.42 Å². The van der Waals surface area contributed by atoms with Gasteiger partial charge in [-0.3, -0.25) is 4.79 Å². The van der Waals surface area contributed by atoms with Gasteiger partial charge in [-0.1, -0.05) is 25.1 Å². The highest BCUT2D eigenvalue weighted by Gasteiger charge is 2.12. The monoisotopic (exact) mass is 292 g/mol. The van der Waals surface area contributed by atoms with E-state index in [0.717, 1.165) is 5.00 Å². The van der Waals surface area contributed by atoms with Crippen molar-refractivity contribution in [2.75, 3.05) is 17.6 Å². The van der Waals surface area contributed by atoms with Gasteiger partial charge in [0.25, 0.3) is 0 Å². The molecule has 0 bridgehead atoms. The van der Waals surface area contributed by atoms with Crippen LogP contribution in [0.4, 0.5) is 15.1 Å². The Hall–Kier alpha value is -1.88. The zero-order valence-electron chi connectivity index (χ0n) is 11.3. The smallest absolute Gasteiger partial charge is 0.174 e. The van der Waals surface area contributed by atoms with Gasteiger partial charge < -0.3 is 11.1 Å². The summed E-state index contributed by atoms with van der Waals surface area (Å²) in [5.41, 5.74) is 7.00. The molecule has 0 amide bonds. The fourth-order valence-corrected chi connectivity index (χ4v) is 2.91. The fourth-order valence-electron chi connectivity index (χ4n) is 1.89. The fraction of sp³-hybridized carbons (Fsp3) is 0.267. The molecule has 3 N–H and O–H groups in total. The average Bonchev–Trinajstić information content (AvgIpc) is 2.81. The van der Waals surface area contributed by atoms with Gasteiger partial charge >= 0.3 is 0 Å². The lowest BCUT2D eigenvalue weighted by Crippen LogP contribution is -2.04. The van der Waals surface area contributed by atoms with Gasteiger partial charge in [-0.05, 0) is 24.1 Å². The number of nitrogens with two attached hydrogens (primary N) is 1. The predicted octanol–water partition coefficient (Wildman–Crippen LogP) is 3.72. The molecule has 2 rings (SSSR count). The second-order valence-corrected chi connectivity index (χ2v) is 5.49. The molecule has 0 saturated carbocycles. The van der Waals surface area contributed by atoms with Gasteiger partial charge in [0.2, 0.25) is 0 Å². The summed E-state index contributed by atoms with van der Waals surface area (Å²) in [5.74, 6) is -0.142. The highest BCUT2D eigenvalue weighted by atomic mass is 32.1. The van der Waals surface area contributed by atoms with Crippen molar-refractivity contribution in [2.45, 2.75) is 19.8 Å². The highest BCUT2D eigenvalue weighted by molar-refractivity contribution is 7.18. The minimum absolute atomic E-state index is 0.0506. The molecule has 0 aliphatic heterocycles. The molecule has 1 aromatic carbocycles. The summed E-state index contributed by atoms with van der Waals surface area (Å²) in [4.78, 5) is 12.2.